The molecule has 0 amide bonds. The van der Waals surface area contributed by atoms with Gasteiger partial charge in [-0.1, -0.05) is 18.2 Å². The van der Waals surface area contributed by atoms with Crippen LogP contribution in [0, 0.1) is 0 Å². The summed E-state index contributed by atoms with van der Waals surface area (Å²) >= 11 is 0. The van der Waals surface area contributed by atoms with Gasteiger partial charge in [0.1, 0.15) is 17.6 Å². The zero-order valence-corrected chi connectivity index (χ0v) is 15.3. The lowest BCUT2D eigenvalue weighted by molar-refractivity contribution is 0.000907. The summed E-state index contributed by atoms with van der Waals surface area (Å²) in [4.78, 5) is 4.67. The smallest absolute Gasteiger partial charge is 0.133 e. The molecule has 0 radical (unpaired) electrons. The van der Waals surface area contributed by atoms with Gasteiger partial charge in [0, 0.05) is 26.2 Å². The molecule has 0 N–H and O–H groups in total. The molecule has 0 unspecified atom stereocenters. The molecule has 4 rings (SSSR count). The highest BCUT2D eigenvalue weighted by atomic mass is 16.5. The van der Waals surface area contributed by atoms with Crippen LogP contribution in [0.15, 0.2) is 34.7 Å². The van der Waals surface area contributed by atoms with Gasteiger partial charge < -0.3 is 9.15 Å². The number of nitrogens with zero attached hydrogens (tertiary/aromatic N) is 2. The van der Waals surface area contributed by atoms with Crippen LogP contribution in [0.5, 0.6) is 0 Å². The molecule has 1 atom stereocenters. The van der Waals surface area contributed by atoms with Crippen LogP contribution in [0.2, 0.25) is 0 Å². The van der Waals surface area contributed by atoms with Crippen LogP contribution in [0.3, 0.4) is 0 Å². The van der Waals surface area contributed by atoms with Crippen LogP contribution < -0.4 is 0 Å². The zero-order chi connectivity index (χ0) is 17.2. The van der Waals surface area contributed by atoms with Crippen LogP contribution in [-0.2, 0) is 30.9 Å². The topological polar surface area (TPSA) is 28.9 Å². The van der Waals surface area contributed by atoms with E-state index >= 15 is 0 Å². The second kappa shape index (κ2) is 7.32. The highest BCUT2D eigenvalue weighted by Gasteiger charge is 2.20. The maximum atomic E-state index is 6.05. The summed E-state index contributed by atoms with van der Waals surface area (Å²) in [7, 11) is 4.33. The van der Waals surface area contributed by atoms with Crippen molar-refractivity contribution in [3.05, 3.63) is 58.5 Å². The van der Waals surface area contributed by atoms with Gasteiger partial charge in [-0.25, -0.2) is 0 Å². The van der Waals surface area contributed by atoms with E-state index in [0.717, 1.165) is 50.7 Å². The molecule has 4 nitrogen and oxygen atoms in total. The molecule has 0 spiro atoms. The van der Waals surface area contributed by atoms with Gasteiger partial charge in [0.25, 0.3) is 0 Å². The third kappa shape index (κ3) is 3.97. The van der Waals surface area contributed by atoms with Crippen molar-refractivity contribution in [2.45, 2.75) is 51.5 Å². The summed E-state index contributed by atoms with van der Waals surface area (Å²) in [5, 5.41) is 0. The molecular weight excluding hydrogens is 312 g/mol. The van der Waals surface area contributed by atoms with E-state index in [2.05, 4.69) is 54.2 Å². The van der Waals surface area contributed by atoms with Crippen molar-refractivity contribution in [1.82, 2.24) is 9.80 Å². The Hall–Kier alpha value is -1.62. The number of ether oxygens (including phenoxy) is 1. The maximum absolute atomic E-state index is 6.05. The highest BCUT2D eigenvalue weighted by molar-refractivity contribution is 5.34. The Bertz CT molecular complexity index is 718. The van der Waals surface area contributed by atoms with Gasteiger partial charge in [-0.3, -0.25) is 9.80 Å². The molecule has 1 aromatic carbocycles. The van der Waals surface area contributed by atoms with Gasteiger partial charge in [-0.15, -0.1) is 0 Å². The monoisotopic (exact) mass is 340 g/mol. The largest absolute Gasteiger partial charge is 0.462 e. The van der Waals surface area contributed by atoms with E-state index in [9.17, 15) is 0 Å². The van der Waals surface area contributed by atoms with Gasteiger partial charge in [-0.2, -0.15) is 0 Å². The van der Waals surface area contributed by atoms with Crippen LogP contribution in [-0.4, -0.2) is 30.5 Å². The number of benzene rings is 1. The lowest BCUT2D eigenvalue weighted by Gasteiger charge is -2.20. The summed E-state index contributed by atoms with van der Waals surface area (Å²) in [6, 6.07) is 11.1. The molecule has 1 saturated heterocycles. The summed E-state index contributed by atoms with van der Waals surface area (Å²) < 4.78 is 11.9. The first-order valence-corrected chi connectivity index (χ1v) is 9.35. The Morgan fingerprint density at radius 2 is 1.96 bits per heavy atom. The molecule has 0 bridgehead atoms. The lowest BCUT2D eigenvalue weighted by Crippen LogP contribution is -2.17. The molecular formula is C21H28N2O2. The fourth-order valence-corrected chi connectivity index (χ4v) is 3.97. The summed E-state index contributed by atoms with van der Waals surface area (Å²) in [5.41, 5.74) is 4.32. The second-order valence-corrected chi connectivity index (χ2v) is 7.61. The van der Waals surface area contributed by atoms with Crippen molar-refractivity contribution in [3.63, 3.8) is 0 Å². The number of hydrogen-bond acceptors (Lipinski definition) is 4. The van der Waals surface area contributed by atoms with E-state index in [-0.39, 0.29) is 6.10 Å². The summed E-state index contributed by atoms with van der Waals surface area (Å²) in [5.74, 6) is 2.01. The minimum Gasteiger partial charge on any atom is -0.462 e. The van der Waals surface area contributed by atoms with Gasteiger partial charge in [0.05, 0.1) is 6.54 Å². The van der Waals surface area contributed by atoms with Crippen molar-refractivity contribution in [2.24, 2.45) is 0 Å². The van der Waals surface area contributed by atoms with Crippen molar-refractivity contribution in [1.29, 1.82) is 0 Å². The average Bonchev–Trinajstić information content (AvgIpc) is 3.21. The predicted octanol–water partition coefficient (Wildman–Crippen LogP) is 4.10. The molecule has 0 aliphatic carbocycles. The van der Waals surface area contributed by atoms with Crippen LogP contribution in [0.1, 0.15) is 53.6 Å². The first kappa shape index (κ1) is 16.8. The Kier molecular flexibility index (Phi) is 4.93. The van der Waals surface area contributed by atoms with E-state index in [4.69, 9.17) is 9.15 Å². The Labute approximate surface area is 150 Å². The fraction of sp³-hybridized carbons (Fsp3) is 0.524. The van der Waals surface area contributed by atoms with E-state index in [1.54, 1.807) is 0 Å². The second-order valence-electron chi connectivity index (χ2n) is 7.61. The Morgan fingerprint density at radius 3 is 2.80 bits per heavy atom. The molecule has 25 heavy (non-hydrogen) atoms. The molecule has 1 aromatic heterocycles. The van der Waals surface area contributed by atoms with Gasteiger partial charge in [-0.05, 0) is 62.2 Å². The maximum Gasteiger partial charge on any atom is 0.133 e. The normalized spacial score (nSPS) is 21.0. The Balaban J connectivity index is 1.35. The van der Waals surface area contributed by atoms with E-state index in [0.29, 0.717) is 0 Å². The van der Waals surface area contributed by atoms with Crippen molar-refractivity contribution in [3.8, 4) is 0 Å². The molecule has 4 heteroatoms. The molecule has 1 fully saturated rings. The first-order chi connectivity index (χ1) is 12.2. The first-order valence-electron chi connectivity index (χ1n) is 9.35. The molecule has 0 saturated carbocycles. The van der Waals surface area contributed by atoms with Gasteiger partial charge in [0.2, 0.25) is 0 Å². The Morgan fingerprint density at radius 1 is 1.08 bits per heavy atom. The fourth-order valence-electron chi connectivity index (χ4n) is 3.97. The number of furan rings is 1. The van der Waals surface area contributed by atoms with Crippen LogP contribution >= 0.6 is 0 Å². The minimum absolute atomic E-state index is 0.154. The van der Waals surface area contributed by atoms with E-state index < -0.39 is 0 Å². The van der Waals surface area contributed by atoms with Crippen molar-refractivity contribution < 1.29 is 9.15 Å². The van der Waals surface area contributed by atoms with Gasteiger partial charge >= 0.3 is 0 Å². The molecule has 2 aromatic rings. The van der Waals surface area contributed by atoms with Crippen molar-refractivity contribution in [2.75, 3.05) is 20.7 Å². The lowest BCUT2D eigenvalue weighted by atomic mass is 10.1. The quantitative estimate of drug-likeness (QED) is 0.819. The number of rotatable bonds is 5. The molecule has 2 aliphatic rings. The highest BCUT2D eigenvalue weighted by Crippen LogP contribution is 2.29. The van der Waals surface area contributed by atoms with Gasteiger partial charge in [0.15, 0.2) is 0 Å². The third-order valence-corrected chi connectivity index (χ3v) is 5.21. The summed E-state index contributed by atoms with van der Waals surface area (Å²) in [6.07, 6.45) is 3.63. The van der Waals surface area contributed by atoms with E-state index in [1.165, 1.54) is 29.5 Å². The molecule has 134 valence electrons. The molecule has 3 heterocycles. The van der Waals surface area contributed by atoms with Crippen molar-refractivity contribution >= 4 is 0 Å². The third-order valence-electron chi connectivity index (χ3n) is 5.21. The van der Waals surface area contributed by atoms with E-state index in [1.807, 2.05) is 0 Å². The number of fused-ring (bicyclic) bond motifs is 1. The predicted molar refractivity (Wildman–Crippen MR) is 98.0 cm³/mol. The minimum atomic E-state index is 0.154. The molecule has 2 aliphatic heterocycles. The van der Waals surface area contributed by atoms with Crippen LogP contribution in [0.4, 0.5) is 0 Å². The zero-order valence-electron chi connectivity index (χ0n) is 15.3. The average molecular weight is 340 g/mol. The standard InChI is InChI=1S/C21H28N2O2/c1-22(12-16-6-7-17-13-23(2)14-18(17)11-16)15-19-8-9-21(25-19)20-5-3-4-10-24-20/h6-9,11,20H,3-5,10,12-15H2,1-2H3/t20-/m1/s1. The number of hydrogen-bond donors (Lipinski definition) is 0. The SMILES string of the molecule is CN(Cc1ccc2c(c1)CN(C)C2)Cc1ccc([C@H]2CCCCO2)o1. The summed E-state index contributed by atoms with van der Waals surface area (Å²) in [6.45, 7) is 4.75. The van der Waals surface area contributed by atoms with Crippen LogP contribution in [0.25, 0.3) is 0 Å².